The number of amides is 2. The van der Waals surface area contributed by atoms with Gasteiger partial charge in [-0.15, -0.1) is 0 Å². The van der Waals surface area contributed by atoms with Crippen molar-refractivity contribution in [3.63, 3.8) is 0 Å². The molecule has 0 radical (unpaired) electrons. The van der Waals surface area contributed by atoms with Crippen molar-refractivity contribution in [2.24, 2.45) is 0 Å². The van der Waals surface area contributed by atoms with E-state index >= 15 is 0 Å². The van der Waals surface area contributed by atoms with Gasteiger partial charge >= 0.3 is 0 Å². The highest BCUT2D eigenvalue weighted by molar-refractivity contribution is 5.96. The van der Waals surface area contributed by atoms with Gasteiger partial charge in [0.1, 0.15) is 6.54 Å². The average molecular weight is 511 g/mol. The SMILES string of the molecule is CCN(CC)CCCN(CC(=O)N(CCc1ccccc1)Cc1ccccc1)C(=O)c1ccc(C#N)cc1. The Morgan fingerprint density at radius 3 is 1.92 bits per heavy atom. The summed E-state index contributed by atoms with van der Waals surface area (Å²) in [4.78, 5) is 33.0. The van der Waals surface area contributed by atoms with E-state index in [2.05, 4.69) is 36.9 Å². The Bertz CT molecular complexity index is 1170. The van der Waals surface area contributed by atoms with Crippen molar-refractivity contribution < 1.29 is 9.59 Å². The Morgan fingerprint density at radius 1 is 0.737 bits per heavy atom. The van der Waals surface area contributed by atoms with Gasteiger partial charge in [0.25, 0.3) is 5.91 Å². The lowest BCUT2D eigenvalue weighted by Crippen LogP contribution is -2.44. The Morgan fingerprint density at radius 2 is 1.34 bits per heavy atom. The molecule has 0 saturated carbocycles. The van der Waals surface area contributed by atoms with Crippen LogP contribution >= 0.6 is 0 Å². The molecule has 3 rings (SSSR count). The van der Waals surface area contributed by atoms with E-state index in [1.165, 1.54) is 5.56 Å². The molecule has 0 heterocycles. The minimum atomic E-state index is -0.190. The van der Waals surface area contributed by atoms with Crippen molar-refractivity contribution in [3.05, 3.63) is 107 Å². The second kappa shape index (κ2) is 15.3. The molecule has 0 saturated heterocycles. The quantitative estimate of drug-likeness (QED) is 0.306. The maximum atomic E-state index is 13.7. The Balaban J connectivity index is 1.78. The van der Waals surface area contributed by atoms with E-state index in [9.17, 15) is 9.59 Å². The van der Waals surface area contributed by atoms with E-state index in [0.29, 0.717) is 30.8 Å². The molecule has 38 heavy (non-hydrogen) atoms. The highest BCUT2D eigenvalue weighted by Gasteiger charge is 2.23. The van der Waals surface area contributed by atoms with Crippen molar-refractivity contribution >= 4 is 11.8 Å². The molecule has 0 aliphatic carbocycles. The van der Waals surface area contributed by atoms with Gasteiger partial charge < -0.3 is 14.7 Å². The molecule has 2 amide bonds. The minimum Gasteiger partial charge on any atom is -0.337 e. The van der Waals surface area contributed by atoms with E-state index in [4.69, 9.17) is 5.26 Å². The Kier molecular flexibility index (Phi) is 11.5. The molecule has 0 atom stereocenters. The number of rotatable bonds is 14. The number of benzene rings is 3. The summed E-state index contributed by atoms with van der Waals surface area (Å²) in [6.45, 7) is 8.56. The molecule has 0 spiro atoms. The number of nitrogens with zero attached hydrogens (tertiary/aromatic N) is 4. The maximum absolute atomic E-state index is 13.7. The van der Waals surface area contributed by atoms with Gasteiger partial charge in [0.05, 0.1) is 11.6 Å². The third kappa shape index (κ3) is 8.86. The molecular weight excluding hydrogens is 472 g/mol. The fraction of sp³-hybridized carbons (Fsp3) is 0.344. The number of hydrogen-bond acceptors (Lipinski definition) is 4. The predicted octanol–water partition coefficient (Wildman–Crippen LogP) is 5.00. The van der Waals surface area contributed by atoms with Crippen LogP contribution in [-0.4, -0.2) is 65.8 Å². The monoisotopic (exact) mass is 510 g/mol. The first-order chi connectivity index (χ1) is 18.5. The maximum Gasteiger partial charge on any atom is 0.254 e. The fourth-order valence-corrected chi connectivity index (χ4v) is 4.42. The van der Waals surface area contributed by atoms with E-state index in [-0.39, 0.29) is 18.4 Å². The van der Waals surface area contributed by atoms with Crippen molar-refractivity contribution in [2.45, 2.75) is 33.2 Å². The number of hydrogen-bond donors (Lipinski definition) is 0. The van der Waals surface area contributed by atoms with Crippen LogP contribution < -0.4 is 0 Å². The molecule has 0 aliphatic rings. The standard InChI is InChI=1S/C32H38N4O2/c1-3-34(4-2)21-11-22-36(32(38)30-18-16-28(24-33)17-19-30)26-31(37)35(25-29-14-9-6-10-15-29)23-20-27-12-7-5-8-13-27/h5-10,12-19H,3-4,11,20-23,25-26H2,1-2H3. The van der Waals surface area contributed by atoms with Gasteiger partial charge in [-0.25, -0.2) is 0 Å². The zero-order valence-electron chi connectivity index (χ0n) is 22.6. The molecule has 3 aromatic carbocycles. The molecule has 0 N–H and O–H groups in total. The largest absolute Gasteiger partial charge is 0.337 e. The lowest BCUT2D eigenvalue weighted by molar-refractivity contribution is -0.132. The van der Waals surface area contributed by atoms with Crippen LogP contribution in [0.3, 0.4) is 0 Å². The van der Waals surface area contributed by atoms with Crippen LogP contribution in [0.5, 0.6) is 0 Å². The van der Waals surface area contributed by atoms with Gasteiger partial charge in [-0.05, 0) is 67.9 Å². The van der Waals surface area contributed by atoms with Gasteiger partial charge in [0.2, 0.25) is 5.91 Å². The number of nitriles is 1. The summed E-state index contributed by atoms with van der Waals surface area (Å²) in [6, 6.07) is 28.8. The van der Waals surface area contributed by atoms with Gasteiger partial charge in [0.15, 0.2) is 0 Å². The van der Waals surface area contributed by atoms with Crippen LogP contribution in [0.15, 0.2) is 84.9 Å². The second-order valence-corrected chi connectivity index (χ2v) is 9.33. The van der Waals surface area contributed by atoms with Crippen LogP contribution in [-0.2, 0) is 17.8 Å². The first-order valence-electron chi connectivity index (χ1n) is 13.4. The molecule has 0 fully saturated rings. The van der Waals surface area contributed by atoms with E-state index in [1.54, 1.807) is 29.2 Å². The van der Waals surface area contributed by atoms with Crippen molar-refractivity contribution in [1.29, 1.82) is 5.26 Å². The van der Waals surface area contributed by atoms with Crippen molar-refractivity contribution in [1.82, 2.24) is 14.7 Å². The van der Waals surface area contributed by atoms with E-state index in [1.807, 2.05) is 53.4 Å². The third-order valence-electron chi connectivity index (χ3n) is 6.75. The van der Waals surface area contributed by atoms with Crippen LogP contribution in [0.1, 0.15) is 47.3 Å². The van der Waals surface area contributed by atoms with E-state index in [0.717, 1.165) is 38.0 Å². The Hall–Kier alpha value is -3.95. The lowest BCUT2D eigenvalue weighted by atomic mass is 10.1. The number of carbonyl (C=O) groups excluding carboxylic acids is 2. The summed E-state index contributed by atoms with van der Waals surface area (Å²) < 4.78 is 0. The minimum absolute atomic E-state index is 0.0126. The van der Waals surface area contributed by atoms with Crippen molar-refractivity contribution in [3.8, 4) is 6.07 Å². The topological polar surface area (TPSA) is 67.7 Å². The highest BCUT2D eigenvalue weighted by atomic mass is 16.2. The fourth-order valence-electron chi connectivity index (χ4n) is 4.42. The van der Waals surface area contributed by atoms with Crippen LogP contribution in [0.4, 0.5) is 0 Å². The summed E-state index contributed by atoms with van der Waals surface area (Å²) in [5, 5.41) is 9.12. The normalized spacial score (nSPS) is 10.7. The smallest absolute Gasteiger partial charge is 0.254 e. The molecule has 0 bridgehead atoms. The molecule has 198 valence electrons. The van der Waals surface area contributed by atoms with Gasteiger partial charge in [-0.2, -0.15) is 5.26 Å². The average Bonchev–Trinajstić information content (AvgIpc) is 2.97. The molecule has 0 aromatic heterocycles. The van der Waals surface area contributed by atoms with Crippen LogP contribution in [0, 0.1) is 11.3 Å². The molecule has 6 heteroatoms. The van der Waals surface area contributed by atoms with Gasteiger partial charge in [0, 0.05) is 25.2 Å². The van der Waals surface area contributed by atoms with Crippen LogP contribution in [0.25, 0.3) is 0 Å². The van der Waals surface area contributed by atoms with Crippen LogP contribution in [0.2, 0.25) is 0 Å². The molecule has 6 nitrogen and oxygen atoms in total. The third-order valence-corrected chi connectivity index (χ3v) is 6.75. The first-order valence-corrected chi connectivity index (χ1v) is 13.4. The lowest BCUT2D eigenvalue weighted by Gasteiger charge is -2.29. The Labute approximate surface area is 227 Å². The van der Waals surface area contributed by atoms with Gasteiger partial charge in [-0.3, -0.25) is 9.59 Å². The van der Waals surface area contributed by atoms with Crippen molar-refractivity contribution in [2.75, 3.05) is 39.3 Å². The molecule has 0 unspecified atom stereocenters. The predicted molar refractivity (Wildman–Crippen MR) is 151 cm³/mol. The van der Waals surface area contributed by atoms with E-state index < -0.39 is 0 Å². The summed E-state index contributed by atoms with van der Waals surface area (Å²) in [5.74, 6) is -0.264. The number of carbonyl (C=O) groups is 2. The summed E-state index contributed by atoms with van der Waals surface area (Å²) in [5.41, 5.74) is 3.21. The summed E-state index contributed by atoms with van der Waals surface area (Å²) in [7, 11) is 0. The summed E-state index contributed by atoms with van der Waals surface area (Å²) in [6.07, 6.45) is 1.52. The van der Waals surface area contributed by atoms with Gasteiger partial charge in [-0.1, -0.05) is 74.5 Å². The zero-order chi connectivity index (χ0) is 27.2. The highest BCUT2D eigenvalue weighted by Crippen LogP contribution is 2.12. The molecular formula is C32H38N4O2. The zero-order valence-corrected chi connectivity index (χ0v) is 22.6. The first kappa shape index (κ1) is 28.6. The molecule has 0 aliphatic heterocycles. The second-order valence-electron chi connectivity index (χ2n) is 9.33. The summed E-state index contributed by atoms with van der Waals surface area (Å²) >= 11 is 0. The molecule has 3 aromatic rings.